The van der Waals surface area contributed by atoms with Crippen molar-refractivity contribution in [1.82, 2.24) is 9.80 Å². The third-order valence-electron chi connectivity index (χ3n) is 5.77. The number of ether oxygens (including phenoxy) is 1. The Labute approximate surface area is 151 Å². The fourth-order valence-electron chi connectivity index (χ4n) is 4.65. The van der Waals surface area contributed by atoms with Gasteiger partial charge in [-0.05, 0) is 37.4 Å². The smallest absolute Gasteiger partial charge is 0.123 e. The van der Waals surface area contributed by atoms with E-state index in [1.54, 1.807) is 7.11 Å². The zero-order valence-electron chi connectivity index (χ0n) is 15.1. The largest absolute Gasteiger partial charge is 0.496 e. The van der Waals surface area contributed by atoms with Crippen LogP contribution in [0.1, 0.15) is 36.4 Å². The van der Waals surface area contributed by atoms with Crippen LogP contribution in [0.3, 0.4) is 0 Å². The van der Waals surface area contributed by atoms with E-state index in [-0.39, 0.29) is 0 Å². The Bertz CT molecular complexity index is 687. The second-order valence-electron chi connectivity index (χ2n) is 7.24. The highest BCUT2D eigenvalue weighted by molar-refractivity contribution is 5.33. The van der Waals surface area contributed by atoms with Crippen LogP contribution >= 0.6 is 0 Å². The molecule has 0 radical (unpaired) electrons. The molecule has 3 nitrogen and oxygen atoms in total. The summed E-state index contributed by atoms with van der Waals surface area (Å²) in [6, 6.07) is 20.7. The van der Waals surface area contributed by atoms with Crippen molar-refractivity contribution in [3.05, 3.63) is 65.7 Å². The first kappa shape index (κ1) is 16.6. The molecular weight excluding hydrogens is 308 g/mol. The third kappa shape index (κ3) is 3.44. The van der Waals surface area contributed by atoms with Gasteiger partial charge in [0.1, 0.15) is 5.75 Å². The van der Waals surface area contributed by atoms with Crippen molar-refractivity contribution < 1.29 is 4.74 Å². The van der Waals surface area contributed by atoms with Crippen LogP contribution in [-0.2, 0) is 6.54 Å². The Morgan fingerprint density at radius 3 is 2.52 bits per heavy atom. The number of nitrogens with zero attached hydrogens (tertiary/aromatic N) is 2. The molecule has 0 N–H and O–H groups in total. The number of hydrogen-bond acceptors (Lipinski definition) is 3. The molecule has 0 amide bonds. The molecule has 0 aliphatic carbocycles. The van der Waals surface area contributed by atoms with Crippen LogP contribution in [-0.4, -0.2) is 42.6 Å². The number of benzene rings is 2. The Morgan fingerprint density at radius 1 is 0.920 bits per heavy atom. The number of hydrogen-bond donors (Lipinski definition) is 0. The molecule has 4 rings (SSSR count). The molecule has 25 heavy (non-hydrogen) atoms. The van der Waals surface area contributed by atoms with Gasteiger partial charge in [-0.25, -0.2) is 0 Å². The van der Waals surface area contributed by atoms with Crippen molar-refractivity contribution in [3.8, 4) is 5.75 Å². The van der Waals surface area contributed by atoms with Gasteiger partial charge in [-0.2, -0.15) is 0 Å². The maximum atomic E-state index is 5.60. The minimum Gasteiger partial charge on any atom is -0.496 e. The Kier molecular flexibility index (Phi) is 5.04. The number of methoxy groups -OCH3 is 1. The molecule has 2 aromatic carbocycles. The first-order chi connectivity index (χ1) is 12.4. The Hall–Kier alpha value is -1.84. The first-order valence-electron chi connectivity index (χ1n) is 9.52. The van der Waals surface area contributed by atoms with E-state index in [0.717, 1.165) is 12.3 Å². The molecule has 3 heteroatoms. The molecular formula is C22H28N2O. The topological polar surface area (TPSA) is 15.7 Å². The summed E-state index contributed by atoms with van der Waals surface area (Å²) in [6.45, 7) is 4.59. The maximum Gasteiger partial charge on any atom is 0.123 e. The lowest BCUT2D eigenvalue weighted by Crippen LogP contribution is -2.47. The van der Waals surface area contributed by atoms with Gasteiger partial charge >= 0.3 is 0 Å². The second kappa shape index (κ2) is 7.59. The van der Waals surface area contributed by atoms with Crippen molar-refractivity contribution >= 4 is 0 Å². The summed E-state index contributed by atoms with van der Waals surface area (Å²) in [6.07, 6.45) is 3.83. The lowest BCUT2D eigenvalue weighted by atomic mass is 9.89. The van der Waals surface area contributed by atoms with Gasteiger partial charge in [0.15, 0.2) is 0 Å². The third-order valence-corrected chi connectivity index (χ3v) is 5.77. The molecule has 132 valence electrons. The number of rotatable bonds is 4. The van der Waals surface area contributed by atoms with Gasteiger partial charge in [-0.1, -0.05) is 48.5 Å². The van der Waals surface area contributed by atoms with Crippen molar-refractivity contribution in [2.24, 2.45) is 0 Å². The van der Waals surface area contributed by atoms with Crippen molar-refractivity contribution in [1.29, 1.82) is 0 Å². The van der Waals surface area contributed by atoms with Gasteiger partial charge in [0.25, 0.3) is 0 Å². The van der Waals surface area contributed by atoms with E-state index in [0.29, 0.717) is 12.1 Å². The van der Waals surface area contributed by atoms with Crippen LogP contribution < -0.4 is 4.74 Å². The van der Waals surface area contributed by atoms with Gasteiger partial charge in [0, 0.05) is 31.2 Å². The zero-order chi connectivity index (χ0) is 17.1. The van der Waals surface area contributed by atoms with Crippen molar-refractivity contribution in [2.45, 2.75) is 37.9 Å². The second-order valence-corrected chi connectivity index (χ2v) is 7.24. The molecule has 0 spiro atoms. The summed E-state index contributed by atoms with van der Waals surface area (Å²) in [5.74, 6) is 1.01. The molecule has 2 fully saturated rings. The van der Waals surface area contributed by atoms with E-state index < -0.39 is 0 Å². The summed E-state index contributed by atoms with van der Waals surface area (Å²) < 4.78 is 5.60. The summed E-state index contributed by atoms with van der Waals surface area (Å²) in [4.78, 5) is 5.42. The highest BCUT2D eigenvalue weighted by Gasteiger charge is 2.38. The summed E-state index contributed by atoms with van der Waals surface area (Å²) in [7, 11) is 1.77. The van der Waals surface area contributed by atoms with Crippen molar-refractivity contribution in [2.75, 3.05) is 26.7 Å². The van der Waals surface area contributed by atoms with Crippen LogP contribution in [0.5, 0.6) is 5.75 Å². The van der Waals surface area contributed by atoms with Gasteiger partial charge < -0.3 is 4.74 Å². The van der Waals surface area contributed by atoms with E-state index >= 15 is 0 Å². The Balaban J connectivity index is 1.64. The molecule has 2 bridgehead atoms. The number of para-hydroxylation sites is 1. The fraction of sp³-hybridized carbons (Fsp3) is 0.455. The monoisotopic (exact) mass is 336 g/mol. The van der Waals surface area contributed by atoms with Crippen LogP contribution in [0, 0.1) is 0 Å². The molecule has 3 atom stereocenters. The van der Waals surface area contributed by atoms with Crippen molar-refractivity contribution in [3.63, 3.8) is 0 Å². The standard InChI is InChI=1S/C22H28N2O/c1-25-21-13-6-5-11-19(21)17-24-16-8-15-23-14-7-12-20(24)22(23)18-9-3-2-4-10-18/h2-6,9-11,13,20,22H,7-8,12,14-17H2,1H3. The lowest BCUT2D eigenvalue weighted by molar-refractivity contribution is 0.0650. The summed E-state index contributed by atoms with van der Waals surface area (Å²) in [5, 5.41) is 0. The zero-order valence-corrected chi connectivity index (χ0v) is 15.1. The van der Waals surface area contributed by atoms with Crippen LogP contribution in [0.4, 0.5) is 0 Å². The molecule has 2 saturated heterocycles. The molecule has 0 saturated carbocycles. The minimum absolute atomic E-state index is 0.521. The normalized spacial score (nSPS) is 26.8. The molecule has 3 unspecified atom stereocenters. The molecule has 2 heterocycles. The van der Waals surface area contributed by atoms with E-state index in [1.807, 2.05) is 0 Å². The van der Waals surface area contributed by atoms with Gasteiger partial charge in [0.2, 0.25) is 0 Å². The Morgan fingerprint density at radius 2 is 1.68 bits per heavy atom. The first-order valence-corrected chi connectivity index (χ1v) is 9.52. The highest BCUT2D eigenvalue weighted by atomic mass is 16.5. The van der Waals surface area contributed by atoms with Gasteiger partial charge in [0.05, 0.1) is 13.2 Å². The summed E-state index contributed by atoms with van der Waals surface area (Å²) in [5.41, 5.74) is 2.77. The predicted molar refractivity (Wildman–Crippen MR) is 102 cm³/mol. The van der Waals surface area contributed by atoms with Crippen LogP contribution in [0.15, 0.2) is 54.6 Å². The van der Waals surface area contributed by atoms with E-state index in [2.05, 4.69) is 64.4 Å². The fourth-order valence-corrected chi connectivity index (χ4v) is 4.65. The minimum atomic E-state index is 0.521. The quantitative estimate of drug-likeness (QED) is 0.836. The molecule has 0 aromatic heterocycles. The molecule has 2 aliphatic rings. The van der Waals surface area contributed by atoms with Gasteiger partial charge in [-0.15, -0.1) is 0 Å². The van der Waals surface area contributed by atoms with Crippen LogP contribution in [0.2, 0.25) is 0 Å². The van der Waals surface area contributed by atoms with E-state index in [9.17, 15) is 0 Å². The lowest BCUT2D eigenvalue weighted by Gasteiger charge is -2.43. The van der Waals surface area contributed by atoms with E-state index in [1.165, 1.54) is 50.0 Å². The average Bonchev–Trinajstić information content (AvgIpc) is 2.77. The average molecular weight is 336 g/mol. The van der Waals surface area contributed by atoms with Gasteiger partial charge in [-0.3, -0.25) is 9.80 Å². The maximum absolute atomic E-state index is 5.60. The highest BCUT2D eigenvalue weighted by Crippen LogP contribution is 2.37. The van der Waals surface area contributed by atoms with E-state index in [4.69, 9.17) is 4.74 Å². The molecule has 2 aliphatic heterocycles. The molecule has 2 aromatic rings. The summed E-state index contributed by atoms with van der Waals surface area (Å²) >= 11 is 0. The van der Waals surface area contributed by atoms with Crippen LogP contribution in [0.25, 0.3) is 0 Å². The predicted octanol–water partition coefficient (Wildman–Crippen LogP) is 4.11. The number of fused-ring (bicyclic) bond motifs is 2. The SMILES string of the molecule is COc1ccccc1CN1CCCN2CCCC1C2c1ccccc1. The number of piperidine rings is 1.